The SMILES string of the molecule is NS(=O)(=O)c1ccc(NC(=O)Cc2csc(NC(=O)Nc3ccc(C(=O)O)cc3)n2)cc1. The molecule has 166 valence electrons. The summed E-state index contributed by atoms with van der Waals surface area (Å²) in [7, 11) is -3.81. The molecule has 0 aliphatic carbocycles. The van der Waals surface area contributed by atoms with Gasteiger partial charge in [0.15, 0.2) is 5.13 Å². The van der Waals surface area contributed by atoms with Crippen LogP contribution in [0.25, 0.3) is 0 Å². The summed E-state index contributed by atoms with van der Waals surface area (Å²) in [4.78, 5) is 39.2. The number of benzene rings is 2. The molecule has 11 nitrogen and oxygen atoms in total. The van der Waals surface area contributed by atoms with E-state index in [9.17, 15) is 22.8 Å². The molecule has 2 aromatic carbocycles. The molecule has 0 spiro atoms. The number of sulfonamides is 1. The van der Waals surface area contributed by atoms with Crippen LogP contribution in [0, 0.1) is 0 Å². The Labute approximate surface area is 186 Å². The number of rotatable bonds is 7. The number of aromatic nitrogens is 1. The Kier molecular flexibility index (Phi) is 6.82. The topological polar surface area (TPSA) is 181 Å². The molecule has 1 aromatic heterocycles. The number of carbonyl (C=O) groups excluding carboxylic acids is 2. The molecule has 6 N–H and O–H groups in total. The number of anilines is 3. The fourth-order valence-corrected chi connectivity index (χ4v) is 3.72. The van der Waals surface area contributed by atoms with E-state index in [1.165, 1.54) is 48.5 Å². The van der Waals surface area contributed by atoms with Crippen LogP contribution in [0.15, 0.2) is 58.8 Å². The van der Waals surface area contributed by atoms with Gasteiger partial charge in [-0.15, -0.1) is 11.3 Å². The van der Waals surface area contributed by atoms with Crippen molar-refractivity contribution in [3.8, 4) is 0 Å². The number of carboxylic acids is 1. The third-order valence-electron chi connectivity index (χ3n) is 3.97. The summed E-state index contributed by atoms with van der Waals surface area (Å²) in [5.41, 5.74) is 1.32. The predicted molar refractivity (Wildman–Crippen MR) is 118 cm³/mol. The summed E-state index contributed by atoms with van der Waals surface area (Å²) < 4.78 is 22.5. The maximum Gasteiger partial charge on any atom is 0.335 e. The molecular formula is C19H17N5O6S2. The molecule has 0 unspecified atom stereocenters. The molecule has 13 heteroatoms. The van der Waals surface area contributed by atoms with Crippen LogP contribution in [0.3, 0.4) is 0 Å². The normalized spacial score (nSPS) is 10.9. The molecule has 0 fully saturated rings. The van der Waals surface area contributed by atoms with Crippen molar-refractivity contribution in [3.63, 3.8) is 0 Å². The lowest BCUT2D eigenvalue weighted by Crippen LogP contribution is -2.19. The quantitative estimate of drug-likeness (QED) is 0.347. The number of nitrogens with zero attached hydrogens (tertiary/aromatic N) is 1. The maximum absolute atomic E-state index is 12.2. The van der Waals surface area contributed by atoms with Gasteiger partial charge in [0, 0.05) is 16.8 Å². The largest absolute Gasteiger partial charge is 0.478 e. The number of hydrogen-bond acceptors (Lipinski definition) is 7. The zero-order valence-electron chi connectivity index (χ0n) is 16.2. The Hall–Kier alpha value is -3.81. The fourth-order valence-electron chi connectivity index (χ4n) is 2.50. The molecule has 0 aliphatic heterocycles. The molecule has 0 saturated heterocycles. The lowest BCUT2D eigenvalue weighted by atomic mass is 10.2. The summed E-state index contributed by atoms with van der Waals surface area (Å²) in [5.74, 6) is -1.45. The number of hydrogen-bond donors (Lipinski definition) is 5. The van der Waals surface area contributed by atoms with Crippen molar-refractivity contribution in [2.45, 2.75) is 11.3 Å². The molecule has 3 amide bonds. The Morgan fingerprint density at radius 3 is 2.12 bits per heavy atom. The summed E-state index contributed by atoms with van der Waals surface area (Å²) in [6.07, 6.45) is -0.0621. The van der Waals surface area contributed by atoms with E-state index in [1.54, 1.807) is 5.38 Å². The standard InChI is InChI=1S/C19H17N5O6S2/c20-32(29,30)15-7-5-12(6-8-15)21-16(25)9-14-10-31-19(23-14)24-18(28)22-13-3-1-11(2-4-13)17(26)27/h1-8,10H,9H2,(H,21,25)(H,26,27)(H2,20,29,30)(H2,22,23,24,28). The highest BCUT2D eigenvalue weighted by atomic mass is 32.2. The van der Waals surface area contributed by atoms with Crippen LogP contribution in [-0.2, 0) is 21.2 Å². The van der Waals surface area contributed by atoms with E-state index in [0.717, 1.165) is 11.3 Å². The van der Waals surface area contributed by atoms with E-state index in [0.29, 0.717) is 17.1 Å². The molecule has 1 heterocycles. The van der Waals surface area contributed by atoms with Crippen LogP contribution in [0.2, 0.25) is 0 Å². The van der Waals surface area contributed by atoms with Crippen molar-refractivity contribution in [1.29, 1.82) is 0 Å². The molecular weight excluding hydrogens is 458 g/mol. The van der Waals surface area contributed by atoms with Gasteiger partial charge in [-0.25, -0.2) is 28.1 Å². The smallest absolute Gasteiger partial charge is 0.335 e. The number of amides is 3. The second-order valence-corrected chi connectivity index (χ2v) is 8.82. The molecule has 32 heavy (non-hydrogen) atoms. The fraction of sp³-hybridized carbons (Fsp3) is 0.0526. The number of carbonyl (C=O) groups is 3. The van der Waals surface area contributed by atoms with Gasteiger partial charge in [-0.3, -0.25) is 10.1 Å². The van der Waals surface area contributed by atoms with E-state index in [2.05, 4.69) is 20.9 Å². The zero-order valence-corrected chi connectivity index (χ0v) is 17.9. The van der Waals surface area contributed by atoms with Crippen molar-refractivity contribution in [1.82, 2.24) is 4.98 Å². The molecule has 0 atom stereocenters. The first-order chi connectivity index (χ1) is 15.1. The Bertz CT molecular complexity index is 1250. The summed E-state index contributed by atoms with van der Waals surface area (Å²) in [6, 6.07) is 10.5. The second-order valence-electron chi connectivity index (χ2n) is 6.40. The minimum atomic E-state index is -3.81. The van der Waals surface area contributed by atoms with E-state index >= 15 is 0 Å². The highest BCUT2D eigenvalue weighted by Crippen LogP contribution is 2.18. The first kappa shape index (κ1) is 22.9. The van der Waals surface area contributed by atoms with Gasteiger partial charge in [-0.1, -0.05) is 0 Å². The van der Waals surface area contributed by atoms with Crippen LogP contribution in [-0.4, -0.2) is 36.4 Å². The zero-order chi connectivity index (χ0) is 23.3. The summed E-state index contributed by atoms with van der Waals surface area (Å²) >= 11 is 1.13. The number of aromatic carboxylic acids is 1. The van der Waals surface area contributed by atoms with Gasteiger partial charge in [0.25, 0.3) is 0 Å². The van der Waals surface area contributed by atoms with Crippen LogP contribution in [0.5, 0.6) is 0 Å². The Morgan fingerprint density at radius 2 is 1.53 bits per heavy atom. The molecule has 0 aliphatic rings. The highest BCUT2D eigenvalue weighted by Gasteiger charge is 2.12. The van der Waals surface area contributed by atoms with Crippen LogP contribution >= 0.6 is 11.3 Å². The minimum absolute atomic E-state index is 0.0621. The van der Waals surface area contributed by atoms with Crippen molar-refractivity contribution < 1.29 is 27.9 Å². The molecule has 0 saturated carbocycles. The number of nitrogens with two attached hydrogens (primary N) is 1. The van der Waals surface area contributed by atoms with E-state index in [1.807, 2.05) is 0 Å². The second kappa shape index (κ2) is 9.55. The van der Waals surface area contributed by atoms with E-state index in [4.69, 9.17) is 10.2 Å². The number of urea groups is 1. The number of thiazole rings is 1. The average Bonchev–Trinajstić information content (AvgIpc) is 3.14. The van der Waals surface area contributed by atoms with Crippen LogP contribution in [0.4, 0.5) is 21.3 Å². The maximum atomic E-state index is 12.2. The highest BCUT2D eigenvalue weighted by molar-refractivity contribution is 7.89. The van der Waals surface area contributed by atoms with Crippen molar-refractivity contribution in [2.24, 2.45) is 5.14 Å². The van der Waals surface area contributed by atoms with Gasteiger partial charge >= 0.3 is 12.0 Å². The van der Waals surface area contributed by atoms with Crippen LogP contribution < -0.4 is 21.1 Å². The van der Waals surface area contributed by atoms with Gasteiger partial charge in [0.1, 0.15) is 0 Å². The molecule has 0 bridgehead atoms. The third-order valence-corrected chi connectivity index (χ3v) is 5.71. The van der Waals surface area contributed by atoms with E-state index < -0.39 is 22.0 Å². The van der Waals surface area contributed by atoms with Crippen molar-refractivity contribution in [3.05, 3.63) is 65.2 Å². The Morgan fingerprint density at radius 1 is 0.938 bits per heavy atom. The molecule has 0 radical (unpaired) electrons. The number of primary sulfonamides is 1. The summed E-state index contributed by atoms with van der Waals surface area (Å²) in [6.45, 7) is 0. The number of carboxylic acid groups (broad SMARTS) is 1. The van der Waals surface area contributed by atoms with Gasteiger partial charge in [-0.05, 0) is 48.5 Å². The Balaban J connectivity index is 1.52. The molecule has 3 aromatic rings. The van der Waals surface area contributed by atoms with Gasteiger partial charge < -0.3 is 15.7 Å². The first-order valence-electron chi connectivity index (χ1n) is 8.88. The van der Waals surface area contributed by atoms with E-state index in [-0.39, 0.29) is 27.9 Å². The molecule has 3 rings (SSSR count). The van der Waals surface area contributed by atoms with Crippen molar-refractivity contribution >= 4 is 55.8 Å². The first-order valence-corrected chi connectivity index (χ1v) is 11.3. The summed E-state index contributed by atoms with van der Waals surface area (Å²) in [5, 5.41) is 23.5. The van der Waals surface area contributed by atoms with Gasteiger partial charge in [0.05, 0.1) is 22.6 Å². The number of nitrogens with one attached hydrogen (secondary N) is 3. The monoisotopic (exact) mass is 475 g/mol. The minimum Gasteiger partial charge on any atom is -0.478 e. The van der Waals surface area contributed by atoms with Crippen molar-refractivity contribution in [2.75, 3.05) is 16.0 Å². The van der Waals surface area contributed by atoms with Gasteiger partial charge in [-0.2, -0.15) is 0 Å². The predicted octanol–water partition coefficient (Wildman–Crippen LogP) is 2.31. The lowest BCUT2D eigenvalue weighted by molar-refractivity contribution is -0.115. The lowest BCUT2D eigenvalue weighted by Gasteiger charge is -2.06. The van der Waals surface area contributed by atoms with Crippen LogP contribution in [0.1, 0.15) is 16.1 Å². The third kappa shape index (κ3) is 6.34. The van der Waals surface area contributed by atoms with Gasteiger partial charge in [0.2, 0.25) is 15.9 Å². The average molecular weight is 476 g/mol.